The minimum atomic E-state index is -0.524. The zero-order valence-corrected chi connectivity index (χ0v) is 11.5. The standard InChI is InChI=1S/C15H18O4/c1-7-9-5-15-8(2)13(17)18-12(15)6-14(3,19-15)10(9)4-11(7)16/h8,10,12H,4-6H2,1-3H3. The summed E-state index contributed by atoms with van der Waals surface area (Å²) in [5, 5.41) is 0. The number of carbonyl (C=O) groups is 2. The Morgan fingerprint density at radius 1 is 1.32 bits per heavy atom. The highest BCUT2D eigenvalue weighted by atomic mass is 16.6. The molecule has 5 atom stereocenters. The summed E-state index contributed by atoms with van der Waals surface area (Å²) in [6, 6.07) is 0. The lowest BCUT2D eigenvalue weighted by molar-refractivity contribution is -0.161. The zero-order valence-electron chi connectivity index (χ0n) is 11.5. The zero-order chi connectivity index (χ0) is 13.6. The normalized spacial score (nSPS) is 51.4. The molecule has 3 heterocycles. The summed E-state index contributed by atoms with van der Waals surface area (Å²) in [7, 11) is 0. The van der Waals surface area contributed by atoms with Gasteiger partial charge in [0.15, 0.2) is 5.78 Å². The maximum Gasteiger partial charge on any atom is 0.312 e. The highest BCUT2D eigenvalue weighted by Crippen LogP contribution is 2.62. The molecule has 3 aliphatic heterocycles. The number of allylic oxidation sites excluding steroid dienone is 1. The monoisotopic (exact) mass is 262 g/mol. The maximum absolute atomic E-state index is 12.0. The van der Waals surface area contributed by atoms with Gasteiger partial charge in [-0.25, -0.2) is 0 Å². The fraction of sp³-hybridized carbons (Fsp3) is 0.733. The van der Waals surface area contributed by atoms with Crippen molar-refractivity contribution in [1.29, 1.82) is 0 Å². The van der Waals surface area contributed by atoms with Gasteiger partial charge in [-0.3, -0.25) is 9.59 Å². The van der Waals surface area contributed by atoms with Crippen molar-refractivity contribution < 1.29 is 19.1 Å². The fourth-order valence-electron chi connectivity index (χ4n) is 4.59. The molecule has 1 aliphatic carbocycles. The molecule has 4 heteroatoms. The highest BCUT2D eigenvalue weighted by molar-refractivity contribution is 5.99. The summed E-state index contributed by atoms with van der Waals surface area (Å²) in [6.07, 6.45) is 1.82. The quantitative estimate of drug-likeness (QED) is 0.624. The van der Waals surface area contributed by atoms with Crippen LogP contribution in [0.4, 0.5) is 0 Å². The third-order valence-electron chi connectivity index (χ3n) is 5.82. The van der Waals surface area contributed by atoms with Crippen LogP contribution in [0, 0.1) is 11.8 Å². The van der Waals surface area contributed by atoms with Gasteiger partial charge < -0.3 is 9.47 Å². The summed E-state index contributed by atoms with van der Waals surface area (Å²) >= 11 is 0. The average Bonchev–Trinajstić information content (AvgIpc) is 2.84. The first-order valence-electron chi connectivity index (χ1n) is 7.01. The van der Waals surface area contributed by atoms with Gasteiger partial charge in [0.25, 0.3) is 0 Å². The van der Waals surface area contributed by atoms with Crippen molar-refractivity contribution in [2.45, 2.75) is 57.3 Å². The smallest absolute Gasteiger partial charge is 0.312 e. The Morgan fingerprint density at radius 2 is 2.05 bits per heavy atom. The largest absolute Gasteiger partial charge is 0.459 e. The molecular formula is C15H18O4. The topological polar surface area (TPSA) is 52.6 Å². The number of Topliss-reactive ketones (excluding diaryl/α,β-unsaturated/α-hetero) is 1. The van der Waals surface area contributed by atoms with Crippen molar-refractivity contribution in [2.75, 3.05) is 0 Å². The summed E-state index contributed by atoms with van der Waals surface area (Å²) < 4.78 is 11.9. The Bertz CT molecular complexity index is 548. The number of hydrogen-bond acceptors (Lipinski definition) is 4. The van der Waals surface area contributed by atoms with E-state index in [0.717, 1.165) is 12.0 Å². The van der Waals surface area contributed by atoms with Gasteiger partial charge >= 0.3 is 5.97 Å². The van der Waals surface area contributed by atoms with Crippen LogP contribution in [0.2, 0.25) is 0 Å². The molecule has 2 bridgehead atoms. The van der Waals surface area contributed by atoms with Crippen LogP contribution in [-0.2, 0) is 19.1 Å². The molecule has 3 fully saturated rings. The van der Waals surface area contributed by atoms with E-state index >= 15 is 0 Å². The second kappa shape index (κ2) is 3.11. The second-order valence-corrected chi connectivity index (χ2v) is 6.73. The van der Waals surface area contributed by atoms with Crippen LogP contribution in [0.15, 0.2) is 11.1 Å². The molecule has 0 aromatic heterocycles. The lowest BCUT2D eigenvalue weighted by Crippen LogP contribution is -2.49. The number of hydrogen-bond donors (Lipinski definition) is 0. The minimum Gasteiger partial charge on any atom is -0.459 e. The third kappa shape index (κ3) is 1.15. The van der Waals surface area contributed by atoms with Crippen molar-refractivity contribution in [2.24, 2.45) is 11.8 Å². The Kier molecular flexibility index (Phi) is 1.91. The van der Waals surface area contributed by atoms with Crippen LogP contribution in [0.5, 0.6) is 0 Å². The van der Waals surface area contributed by atoms with E-state index in [1.807, 2.05) is 13.8 Å². The predicted octanol–water partition coefficient (Wildman–Crippen LogP) is 1.77. The molecule has 0 aromatic carbocycles. The van der Waals surface area contributed by atoms with Crippen LogP contribution in [0.3, 0.4) is 0 Å². The van der Waals surface area contributed by atoms with Gasteiger partial charge in [0.1, 0.15) is 11.7 Å². The van der Waals surface area contributed by atoms with Gasteiger partial charge in [-0.15, -0.1) is 0 Å². The van der Waals surface area contributed by atoms with Crippen LogP contribution < -0.4 is 0 Å². The number of fused-ring (bicyclic) bond motifs is 3. The van der Waals surface area contributed by atoms with Crippen molar-refractivity contribution >= 4 is 11.8 Å². The Hall–Kier alpha value is -1.16. The Morgan fingerprint density at radius 3 is 2.79 bits per heavy atom. The molecule has 0 amide bonds. The van der Waals surface area contributed by atoms with Crippen molar-refractivity contribution in [3.05, 3.63) is 11.1 Å². The van der Waals surface area contributed by atoms with E-state index in [2.05, 4.69) is 6.92 Å². The highest BCUT2D eigenvalue weighted by Gasteiger charge is 2.70. The Balaban J connectivity index is 1.87. The Labute approximate surface area is 112 Å². The van der Waals surface area contributed by atoms with E-state index in [1.165, 1.54) is 5.57 Å². The number of esters is 1. The van der Waals surface area contributed by atoms with Crippen LogP contribution in [0.1, 0.15) is 40.0 Å². The summed E-state index contributed by atoms with van der Waals surface area (Å²) in [5.74, 6) is 0.0229. The fourth-order valence-corrected chi connectivity index (χ4v) is 4.59. The van der Waals surface area contributed by atoms with E-state index in [9.17, 15) is 9.59 Å². The molecule has 4 aliphatic rings. The van der Waals surface area contributed by atoms with Gasteiger partial charge in [-0.1, -0.05) is 5.57 Å². The van der Waals surface area contributed by atoms with Crippen LogP contribution >= 0.6 is 0 Å². The SMILES string of the molecule is CC1=C2CC34OC(C)(CC3OC(=O)C4C)C2CC1=O. The van der Waals surface area contributed by atoms with E-state index in [-0.39, 0.29) is 35.3 Å². The van der Waals surface area contributed by atoms with E-state index in [0.29, 0.717) is 12.8 Å². The lowest BCUT2D eigenvalue weighted by atomic mass is 9.77. The summed E-state index contributed by atoms with van der Waals surface area (Å²) in [6.45, 7) is 5.88. The number of rotatable bonds is 0. The molecule has 0 N–H and O–H groups in total. The van der Waals surface area contributed by atoms with E-state index in [4.69, 9.17) is 9.47 Å². The number of carbonyl (C=O) groups excluding carboxylic acids is 2. The molecule has 5 unspecified atom stereocenters. The summed E-state index contributed by atoms with van der Waals surface area (Å²) in [4.78, 5) is 23.8. The lowest BCUT2D eigenvalue weighted by Gasteiger charge is -2.43. The molecular weight excluding hydrogens is 244 g/mol. The van der Waals surface area contributed by atoms with E-state index < -0.39 is 5.60 Å². The van der Waals surface area contributed by atoms with Crippen molar-refractivity contribution in [1.82, 2.24) is 0 Å². The molecule has 1 spiro atoms. The van der Waals surface area contributed by atoms with E-state index in [1.54, 1.807) is 0 Å². The van der Waals surface area contributed by atoms with Gasteiger partial charge in [0, 0.05) is 25.2 Å². The van der Waals surface area contributed by atoms with Gasteiger partial charge in [0.2, 0.25) is 0 Å². The summed E-state index contributed by atoms with van der Waals surface area (Å²) in [5.41, 5.74) is 1.24. The second-order valence-electron chi connectivity index (χ2n) is 6.73. The molecule has 4 nitrogen and oxygen atoms in total. The maximum atomic E-state index is 12.0. The third-order valence-corrected chi connectivity index (χ3v) is 5.82. The van der Waals surface area contributed by atoms with Gasteiger partial charge in [0.05, 0.1) is 11.5 Å². The first-order valence-corrected chi connectivity index (χ1v) is 7.01. The molecule has 0 saturated carbocycles. The first kappa shape index (κ1) is 11.6. The predicted molar refractivity (Wildman–Crippen MR) is 66.3 cm³/mol. The van der Waals surface area contributed by atoms with Crippen LogP contribution in [-0.4, -0.2) is 29.1 Å². The van der Waals surface area contributed by atoms with Gasteiger partial charge in [-0.2, -0.15) is 0 Å². The van der Waals surface area contributed by atoms with Crippen molar-refractivity contribution in [3.63, 3.8) is 0 Å². The molecule has 19 heavy (non-hydrogen) atoms. The molecule has 0 aromatic rings. The average molecular weight is 262 g/mol. The van der Waals surface area contributed by atoms with Crippen molar-refractivity contribution in [3.8, 4) is 0 Å². The molecule has 3 saturated heterocycles. The van der Waals surface area contributed by atoms with Gasteiger partial charge in [-0.05, 0) is 26.3 Å². The van der Waals surface area contributed by atoms with Crippen LogP contribution in [0.25, 0.3) is 0 Å². The first-order chi connectivity index (χ1) is 8.87. The molecule has 102 valence electrons. The minimum absolute atomic E-state index is 0.138. The number of ketones is 1. The number of ether oxygens (including phenoxy) is 2. The molecule has 4 rings (SSSR count). The molecule has 0 radical (unpaired) electrons.